The zero-order valence-corrected chi connectivity index (χ0v) is 16.4. The molecule has 2 atom stereocenters. The minimum atomic E-state index is -0.884. The SMILES string of the molecule is CCOc1ccc(OCC(=O)O[C@@H](C)C(=O)N2c3ccccc3C[C@H]2C)cc1. The van der Waals surface area contributed by atoms with Crippen molar-refractivity contribution in [2.75, 3.05) is 18.1 Å². The molecule has 0 aromatic heterocycles. The van der Waals surface area contributed by atoms with Crippen LogP contribution in [0.5, 0.6) is 11.5 Å². The Morgan fingerprint density at radius 1 is 1.07 bits per heavy atom. The smallest absolute Gasteiger partial charge is 0.344 e. The van der Waals surface area contributed by atoms with E-state index in [1.54, 1.807) is 36.1 Å². The first-order chi connectivity index (χ1) is 13.5. The maximum Gasteiger partial charge on any atom is 0.344 e. The van der Waals surface area contributed by atoms with E-state index in [0.29, 0.717) is 12.4 Å². The van der Waals surface area contributed by atoms with Crippen molar-refractivity contribution in [2.24, 2.45) is 0 Å². The van der Waals surface area contributed by atoms with Crippen LogP contribution >= 0.6 is 0 Å². The monoisotopic (exact) mass is 383 g/mol. The topological polar surface area (TPSA) is 65.1 Å². The highest BCUT2D eigenvalue weighted by Crippen LogP contribution is 2.32. The third kappa shape index (κ3) is 4.44. The number of rotatable bonds is 7. The lowest BCUT2D eigenvalue weighted by Gasteiger charge is -2.25. The number of esters is 1. The number of hydrogen-bond donors (Lipinski definition) is 0. The molecule has 1 aliphatic rings. The highest BCUT2D eigenvalue weighted by molar-refractivity contribution is 5.99. The van der Waals surface area contributed by atoms with E-state index in [9.17, 15) is 9.59 Å². The summed E-state index contributed by atoms with van der Waals surface area (Å²) in [6.45, 7) is 5.80. The zero-order valence-electron chi connectivity index (χ0n) is 16.4. The summed E-state index contributed by atoms with van der Waals surface area (Å²) in [7, 11) is 0. The molecule has 2 aromatic rings. The van der Waals surface area contributed by atoms with Crippen molar-refractivity contribution in [2.45, 2.75) is 39.3 Å². The van der Waals surface area contributed by atoms with E-state index < -0.39 is 12.1 Å². The summed E-state index contributed by atoms with van der Waals surface area (Å²) in [5.41, 5.74) is 2.01. The minimum Gasteiger partial charge on any atom is -0.494 e. The van der Waals surface area contributed by atoms with E-state index in [1.165, 1.54) is 0 Å². The Balaban J connectivity index is 1.53. The molecule has 0 radical (unpaired) electrons. The van der Waals surface area contributed by atoms with E-state index >= 15 is 0 Å². The Kier molecular flexibility index (Phi) is 6.19. The third-order valence-corrected chi connectivity index (χ3v) is 4.59. The molecule has 0 unspecified atom stereocenters. The summed E-state index contributed by atoms with van der Waals surface area (Å²) in [5, 5.41) is 0. The standard InChI is InChI=1S/C22H25NO5/c1-4-26-18-9-11-19(12-10-18)27-14-21(24)28-16(3)22(25)23-15(2)13-17-7-5-6-8-20(17)23/h5-12,15-16H,4,13-14H2,1-3H3/t15-,16+/m1/s1. The zero-order chi connectivity index (χ0) is 20.1. The fraction of sp³-hybridized carbons (Fsp3) is 0.364. The Morgan fingerprint density at radius 2 is 1.71 bits per heavy atom. The molecular weight excluding hydrogens is 358 g/mol. The van der Waals surface area contributed by atoms with E-state index in [1.807, 2.05) is 38.1 Å². The van der Waals surface area contributed by atoms with Gasteiger partial charge in [0.25, 0.3) is 5.91 Å². The van der Waals surface area contributed by atoms with Crippen molar-refractivity contribution in [1.29, 1.82) is 0 Å². The van der Waals surface area contributed by atoms with Gasteiger partial charge in [0.15, 0.2) is 12.7 Å². The van der Waals surface area contributed by atoms with E-state index in [0.717, 1.165) is 23.4 Å². The van der Waals surface area contributed by atoms with Crippen molar-refractivity contribution in [3.63, 3.8) is 0 Å². The number of nitrogens with zero attached hydrogens (tertiary/aromatic N) is 1. The van der Waals surface area contributed by atoms with Crippen molar-refractivity contribution < 1.29 is 23.8 Å². The predicted molar refractivity (Wildman–Crippen MR) is 106 cm³/mol. The first-order valence-electron chi connectivity index (χ1n) is 9.45. The largest absolute Gasteiger partial charge is 0.494 e. The number of amides is 1. The van der Waals surface area contributed by atoms with Gasteiger partial charge in [-0.25, -0.2) is 4.79 Å². The summed E-state index contributed by atoms with van der Waals surface area (Å²) in [4.78, 5) is 26.6. The van der Waals surface area contributed by atoms with Gasteiger partial charge < -0.3 is 19.1 Å². The molecule has 6 nitrogen and oxygen atoms in total. The summed E-state index contributed by atoms with van der Waals surface area (Å²) in [6, 6.07) is 14.8. The number of benzene rings is 2. The lowest BCUT2D eigenvalue weighted by atomic mass is 10.1. The second-order valence-electron chi connectivity index (χ2n) is 6.72. The molecule has 3 rings (SSSR count). The second kappa shape index (κ2) is 8.78. The highest BCUT2D eigenvalue weighted by atomic mass is 16.6. The van der Waals surface area contributed by atoms with Crippen LogP contribution in [0, 0.1) is 0 Å². The molecule has 0 spiro atoms. The number of anilines is 1. The van der Waals surface area contributed by atoms with Crippen LogP contribution in [0.4, 0.5) is 5.69 Å². The molecule has 0 saturated carbocycles. The van der Waals surface area contributed by atoms with Crippen LogP contribution in [0.3, 0.4) is 0 Å². The van der Waals surface area contributed by atoms with Gasteiger partial charge in [0.2, 0.25) is 0 Å². The molecule has 1 amide bonds. The number of hydrogen-bond acceptors (Lipinski definition) is 5. The molecule has 6 heteroatoms. The quantitative estimate of drug-likeness (QED) is 0.686. The predicted octanol–water partition coefficient (Wildman–Crippen LogP) is 3.37. The Hall–Kier alpha value is -3.02. The third-order valence-electron chi connectivity index (χ3n) is 4.59. The van der Waals surface area contributed by atoms with Gasteiger partial charge in [0.05, 0.1) is 6.61 Å². The molecule has 0 bridgehead atoms. The van der Waals surface area contributed by atoms with Crippen molar-refractivity contribution >= 4 is 17.6 Å². The van der Waals surface area contributed by atoms with Crippen LogP contribution in [-0.4, -0.2) is 37.2 Å². The first kappa shape index (κ1) is 19.7. The van der Waals surface area contributed by atoms with Gasteiger partial charge in [-0.15, -0.1) is 0 Å². The summed E-state index contributed by atoms with van der Waals surface area (Å²) in [5.74, 6) is 0.444. The van der Waals surface area contributed by atoms with Crippen molar-refractivity contribution in [3.8, 4) is 11.5 Å². The van der Waals surface area contributed by atoms with Gasteiger partial charge in [-0.3, -0.25) is 4.79 Å². The number of carbonyl (C=O) groups is 2. The Bertz CT molecular complexity index is 833. The normalized spacial score (nSPS) is 16.2. The van der Waals surface area contributed by atoms with Gasteiger partial charge >= 0.3 is 5.97 Å². The summed E-state index contributed by atoms with van der Waals surface area (Å²) in [6.07, 6.45) is -0.0892. The average molecular weight is 383 g/mol. The van der Waals surface area contributed by atoms with Gasteiger partial charge in [-0.1, -0.05) is 18.2 Å². The van der Waals surface area contributed by atoms with Crippen molar-refractivity contribution in [1.82, 2.24) is 0 Å². The maximum atomic E-state index is 12.8. The average Bonchev–Trinajstić information content (AvgIpc) is 3.02. The maximum absolute atomic E-state index is 12.8. The van der Waals surface area contributed by atoms with Gasteiger partial charge in [-0.2, -0.15) is 0 Å². The number of para-hydroxylation sites is 1. The molecule has 0 saturated heterocycles. The van der Waals surface area contributed by atoms with Crippen LogP contribution in [0.15, 0.2) is 48.5 Å². The van der Waals surface area contributed by atoms with Gasteiger partial charge in [0.1, 0.15) is 11.5 Å². The number of fused-ring (bicyclic) bond motifs is 1. The lowest BCUT2D eigenvalue weighted by molar-refractivity contribution is -0.155. The van der Waals surface area contributed by atoms with E-state index in [-0.39, 0.29) is 18.6 Å². The highest BCUT2D eigenvalue weighted by Gasteiger charge is 2.34. The summed E-state index contributed by atoms with van der Waals surface area (Å²) < 4.78 is 16.1. The van der Waals surface area contributed by atoms with Crippen LogP contribution in [0.1, 0.15) is 26.3 Å². The Morgan fingerprint density at radius 3 is 2.39 bits per heavy atom. The van der Waals surface area contributed by atoms with Crippen LogP contribution < -0.4 is 14.4 Å². The molecule has 28 heavy (non-hydrogen) atoms. The fourth-order valence-electron chi connectivity index (χ4n) is 3.32. The second-order valence-corrected chi connectivity index (χ2v) is 6.72. The molecule has 148 valence electrons. The van der Waals surface area contributed by atoms with E-state index in [4.69, 9.17) is 14.2 Å². The van der Waals surface area contributed by atoms with Crippen molar-refractivity contribution in [3.05, 3.63) is 54.1 Å². The Labute approximate surface area is 165 Å². The van der Waals surface area contributed by atoms with E-state index in [2.05, 4.69) is 0 Å². The molecule has 0 N–H and O–H groups in total. The van der Waals surface area contributed by atoms with Gasteiger partial charge in [-0.05, 0) is 63.1 Å². The minimum absolute atomic E-state index is 0.0335. The number of carbonyl (C=O) groups excluding carboxylic acids is 2. The lowest BCUT2D eigenvalue weighted by Crippen LogP contribution is -2.43. The molecule has 0 fully saturated rings. The first-order valence-corrected chi connectivity index (χ1v) is 9.45. The molecule has 1 heterocycles. The fourth-order valence-corrected chi connectivity index (χ4v) is 3.32. The molecular formula is C22H25NO5. The van der Waals surface area contributed by atoms with Crippen LogP contribution in [0.25, 0.3) is 0 Å². The van der Waals surface area contributed by atoms with Crippen LogP contribution in [0.2, 0.25) is 0 Å². The van der Waals surface area contributed by atoms with Crippen LogP contribution in [-0.2, 0) is 20.7 Å². The number of ether oxygens (including phenoxy) is 3. The van der Waals surface area contributed by atoms with Gasteiger partial charge in [0, 0.05) is 11.7 Å². The summed E-state index contributed by atoms with van der Waals surface area (Å²) >= 11 is 0. The molecule has 1 aliphatic heterocycles. The molecule has 0 aliphatic carbocycles. The molecule has 2 aromatic carbocycles.